The summed E-state index contributed by atoms with van der Waals surface area (Å²) in [4.78, 5) is 25.1. The molecule has 28 heavy (non-hydrogen) atoms. The zero-order valence-electron chi connectivity index (χ0n) is 16.4. The van der Waals surface area contributed by atoms with E-state index in [0.29, 0.717) is 31.2 Å². The van der Waals surface area contributed by atoms with Crippen LogP contribution < -0.4 is 14.2 Å². The van der Waals surface area contributed by atoms with Gasteiger partial charge in [-0.05, 0) is 43.7 Å². The Balaban J connectivity index is 2.27. The van der Waals surface area contributed by atoms with Crippen molar-refractivity contribution in [1.82, 2.24) is 4.90 Å². The minimum absolute atomic E-state index is 0.112. The summed E-state index contributed by atoms with van der Waals surface area (Å²) in [5, 5.41) is 11.2. The molecule has 0 bridgehead atoms. The fraction of sp³-hybridized carbons (Fsp3) is 0.350. The van der Waals surface area contributed by atoms with Crippen molar-refractivity contribution in [3.05, 3.63) is 57.6 Å². The molecule has 0 unspecified atom stereocenters. The summed E-state index contributed by atoms with van der Waals surface area (Å²) >= 11 is 0. The second kappa shape index (κ2) is 9.59. The van der Waals surface area contributed by atoms with Crippen LogP contribution in [0.25, 0.3) is 0 Å². The fourth-order valence-corrected chi connectivity index (χ4v) is 2.78. The fourth-order valence-electron chi connectivity index (χ4n) is 2.78. The Morgan fingerprint density at radius 2 is 1.71 bits per heavy atom. The molecule has 8 nitrogen and oxygen atoms in total. The Bertz CT molecular complexity index is 853. The van der Waals surface area contributed by atoms with Gasteiger partial charge in [0.25, 0.3) is 5.91 Å². The summed E-state index contributed by atoms with van der Waals surface area (Å²) in [5.41, 5.74) is 0.845. The van der Waals surface area contributed by atoms with Crippen LogP contribution in [0.1, 0.15) is 29.8 Å². The molecule has 0 aliphatic carbocycles. The average Bonchev–Trinajstić information content (AvgIpc) is 2.71. The second-order valence-electron chi connectivity index (χ2n) is 5.88. The van der Waals surface area contributed by atoms with Crippen LogP contribution >= 0.6 is 0 Å². The molecule has 0 saturated carbocycles. The molecule has 2 rings (SSSR count). The topological polar surface area (TPSA) is 91.1 Å². The Morgan fingerprint density at radius 1 is 1.04 bits per heavy atom. The number of carbonyl (C=O) groups excluding carboxylic acids is 1. The van der Waals surface area contributed by atoms with Gasteiger partial charge in [-0.15, -0.1) is 0 Å². The van der Waals surface area contributed by atoms with Gasteiger partial charge in [0.15, 0.2) is 17.2 Å². The minimum Gasteiger partial charge on any atom is -0.493 e. The highest BCUT2D eigenvalue weighted by Crippen LogP contribution is 2.30. The lowest BCUT2D eigenvalue weighted by atomic mass is 10.1. The first kappa shape index (κ1) is 21.0. The van der Waals surface area contributed by atoms with Crippen LogP contribution in [0.4, 0.5) is 5.69 Å². The molecular weight excluding hydrogens is 364 g/mol. The summed E-state index contributed by atoms with van der Waals surface area (Å²) in [6, 6.07) is 9.67. The quantitative estimate of drug-likeness (QED) is 0.481. The number of nitro benzene ring substituents is 1. The van der Waals surface area contributed by atoms with Crippen molar-refractivity contribution in [2.45, 2.75) is 20.4 Å². The maximum Gasteiger partial charge on any atom is 0.311 e. The molecular formula is C20H24N2O6. The third-order valence-corrected chi connectivity index (χ3v) is 4.19. The van der Waals surface area contributed by atoms with E-state index in [2.05, 4.69) is 0 Å². The Hall–Kier alpha value is -3.29. The van der Waals surface area contributed by atoms with E-state index in [1.165, 1.54) is 25.3 Å². The van der Waals surface area contributed by atoms with Crippen LogP contribution in [0.2, 0.25) is 0 Å². The standard InChI is InChI=1S/C20H24N2O6/c1-5-21(13-14-7-9-18(28-6-2)19(11-14)27-4)20(23)15-8-10-17(26-3)16(12-15)22(24)25/h7-12H,5-6,13H2,1-4H3. The highest BCUT2D eigenvalue weighted by Gasteiger charge is 2.21. The molecule has 0 aromatic heterocycles. The van der Waals surface area contributed by atoms with Crippen molar-refractivity contribution in [1.29, 1.82) is 0 Å². The number of rotatable bonds is 9. The van der Waals surface area contributed by atoms with Crippen molar-refractivity contribution in [2.24, 2.45) is 0 Å². The summed E-state index contributed by atoms with van der Waals surface area (Å²) < 4.78 is 15.8. The largest absolute Gasteiger partial charge is 0.493 e. The van der Waals surface area contributed by atoms with Crippen molar-refractivity contribution < 1.29 is 23.9 Å². The van der Waals surface area contributed by atoms with Gasteiger partial charge in [-0.2, -0.15) is 0 Å². The number of nitro groups is 1. The lowest BCUT2D eigenvalue weighted by molar-refractivity contribution is -0.385. The van der Waals surface area contributed by atoms with Gasteiger partial charge < -0.3 is 19.1 Å². The Kier molecular flexibility index (Phi) is 7.20. The number of methoxy groups -OCH3 is 2. The molecule has 0 heterocycles. The SMILES string of the molecule is CCOc1ccc(CN(CC)C(=O)c2ccc(OC)c([N+](=O)[O-])c2)cc1OC. The summed E-state index contributed by atoms with van der Waals surface area (Å²) in [7, 11) is 2.91. The summed E-state index contributed by atoms with van der Waals surface area (Å²) in [5.74, 6) is 1.03. The smallest absolute Gasteiger partial charge is 0.311 e. The molecule has 1 amide bonds. The molecule has 0 N–H and O–H groups in total. The van der Waals surface area contributed by atoms with E-state index < -0.39 is 4.92 Å². The zero-order valence-corrected chi connectivity index (χ0v) is 16.4. The van der Waals surface area contributed by atoms with Gasteiger partial charge >= 0.3 is 5.69 Å². The first-order chi connectivity index (χ1) is 13.4. The van der Waals surface area contributed by atoms with Gasteiger partial charge in [0.05, 0.1) is 25.7 Å². The Morgan fingerprint density at radius 3 is 2.29 bits per heavy atom. The predicted molar refractivity (Wildman–Crippen MR) is 104 cm³/mol. The molecule has 0 aliphatic heterocycles. The van der Waals surface area contributed by atoms with Crippen molar-refractivity contribution in [3.8, 4) is 17.2 Å². The molecule has 0 radical (unpaired) electrons. The monoisotopic (exact) mass is 388 g/mol. The minimum atomic E-state index is -0.566. The molecule has 0 atom stereocenters. The third kappa shape index (κ3) is 4.70. The molecule has 0 fully saturated rings. The lowest BCUT2D eigenvalue weighted by Crippen LogP contribution is -2.30. The first-order valence-electron chi connectivity index (χ1n) is 8.86. The van der Waals surface area contributed by atoms with Gasteiger partial charge in [0, 0.05) is 24.7 Å². The van der Waals surface area contributed by atoms with Crippen molar-refractivity contribution in [3.63, 3.8) is 0 Å². The number of hydrogen-bond donors (Lipinski definition) is 0. The van der Waals surface area contributed by atoms with Crippen LogP contribution in [0.5, 0.6) is 17.2 Å². The third-order valence-electron chi connectivity index (χ3n) is 4.19. The van der Waals surface area contributed by atoms with Crippen molar-refractivity contribution in [2.75, 3.05) is 27.4 Å². The van der Waals surface area contributed by atoms with Gasteiger partial charge in [0.2, 0.25) is 0 Å². The molecule has 2 aromatic carbocycles. The summed E-state index contributed by atoms with van der Waals surface area (Å²) in [6.07, 6.45) is 0. The predicted octanol–water partition coefficient (Wildman–Crippen LogP) is 3.67. The molecule has 2 aromatic rings. The maximum absolute atomic E-state index is 12.9. The number of ether oxygens (including phenoxy) is 3. The number of nitrogens with zero attached hydrogens (tertiary/aromatic N) is 2. The van der Waals surface area contributed by atoms with Crippen LogP contribution in [0.15, 0.2) is 36.4 Å². The Labute approximate surface area is 163 Å². The van der Waals surface area contributed by atoms with Crippen LogP contribution in [0, 0.1) is 10.1 Å². The normalized spacial score (nSPS) is 10.3. The second-order valence-corrected chi connectivity index (χ2v) is 5.88. The van der Waals surface area contributed by atoms with Gasteiger partial charge in [-0.1, -0.05) is 6.07 Å². The van der Waals surface area contributed by atoms with E-state index >= 15 is 0 Å². The molecule has 0 saturated heterocycles. The van der Waals surface area contributed by atoms with E-state index in [-0.39, 0.29) is 22.9 Å². The number of amides is 1. The van der Waals surface area contributed by atoms with Crippen LogP contribution in [0.3, 0.4) is 0 Å². The van der Waals surface area contributed by atoms with E-state index in [9.17, 15) is 14.9 Å². The van der Waals surface area contributed by atoms with E-state index in [1.807, 2.05) is 26.0 Å². The highest BCUT2D eigenvalue weighted by atomic mass is 16.6. The number of hydrogen-bond acceptors (Lipinski definition) is 6. The average molecular weight is 388 g/mol. The molecule has 8 heteroatoms. The van der Waals surface area contributed by atoms with E-state index in [1.54, 1.807) is 18.1 Å². The van der Waals surface area contributed by atoms with E-state index in [4.69, 9.17) is 14.2 Å². The van der Waals surface area contributed by atoms with E-state index in [0.717, 1.165) is 5.56 Å². The maximum atomic E-state index is 12.9. The van der Waals surface area contributed by atoms with Gasteiger partial charge in [-0.3, -0.25) is 14.9 Å². The first-order valence-corrected chi connectivity index (χ1v) is 8.86. The van der Waals surface area contributed by atoms with Gasteiger partial charge in [0.1, 0.15) is 0 Å². The van der Waals surface area contributed by atoms with Gasteiger partial charge in [-0.25, -0.2) is 0 Å². The van der Waals surface area contributed by atoms with Crippen molar-refractivity contribution >= 4 is 11.6 Å². The van der Waals surface area contributed by atoms with Crippen LogP contribution in [-0.4, -0.2) is 43.1 Å². The summed E-state index contributed by atoms with van der Waals surface area (Å²) in [6.45, 7) is 5.03. The number of benzene rings is 2. The molecule has 150 valence electrons. The van der Waals surface area contributed by atoms with Crippen LogP contribution in [-0.2, 0) is 6.54 Å². The molecule has 0 aliphatic rings. The molecule has 0 spiro atoms. The lowest BCUT2D eigenvalue weighted by Gasteiger charge is -2.22. The zero-order chi connectivity index (χ0) is 20.7. The number of carbonyl (C=O) groups is 1. The highest BCUT2D eigenvalue weighted by molar-refractivity contribution is 5.95.